The molecule has 0 spiro atoms. The molecule has 0 radical (unpaired) electrons. The van der Waals surface area contributed by atoms with E-state index >= 15 is 0 Å². The minimum atomic E-state index is -0.443. The minimum Gasteiger partial charge on any atom is -0.733 e. The van der Waals surface area contributed by atoms with Gasteiger partial charge in [0.1, 0.15) is 6.10 Å². The van der Waals surface area contributed by atoms with Crippen molar-refractivity contribution in [1.82, 2.24) is 0 Å². The van der Waals surface area contributed by atoms with Crippen LogP contribution in [0.1, 0.15) is 50.9 Å². The number of esters is 2. The summed E-state index contributed by atoms with van der Waals surface area (Å²) in [5, 5.41) is 19.8. The lowest BCUT2D eigenvalue weighted by molar-refractivity contribution is -0.134. The summed E-state index contributed by atoms with van der Waals surface area (Å²) in [5.41, 5.74) is 2.91. The lowest BCUT2D eigenvalue weighted by Gasteiger charge is -2.49. The summed E-state index contributed by atoms with van der Waals surface area (Å²) in [4.78, 5) is 24.5. The number of allylic oxidation sites excluding steroid dienone is 6. The van der Waals surface area contributed by atoms with Gasteiger partial charge in [-0.05, 0) is 75.6 Å². The molecule has 2 aliphatic rings. The van der Waals surface area contributed by atoms with E-state index in [0.29, 0.717) is 11.5 Å². The third-order valence-electron chi connectivity index (χ3n) is 7.62. The van der Waals surface area contributed by atoms with E-state index in [1.54, 1.807) is 6.08 Å². The molecule has 7 nitrogen and oxygen atoms in total. The van der Waals surface area contributed by atoms with Crippen molar-refractivity contribution in [1.29, 1.82) is 0 Å². The molecule has 3 rings (SSSR count). The van der Waals surface area contributed by atoms with Crippen molar-refractivity contribution in [3.63, 3.8) is 0 Å². The number of hydrogen-bond acceptors (Lipinski definition) is 7. The zero-order chi connectivity index (χ0) is 26.4. The van der Waals surface area contributed by atoms with Gasteiger partial charge in [0, 0.05) is 17.9 Å². The van der Waals surface area contributed by atoms with Gasteiger partial charge < -0.3 is 19.9 Å². The van der Waals surface area contributed by atoms with E-state index in [-0.39, 0.29) is 40.7 Å². The molecule has 36 heavy (non-hydrogen) atoms. The Hall–Kier alpha value is -3.16. The second-order valence-electron chi connectivity index (χ2n) is 9.74. The Balaban J connectivity index is 1.90. The maximum Gasteiger partial charge on any atom is 0.338 e. The molecule has 6 atom stereocenters. The molecule has 7 heteroatoms. The van der Waals surface area contributed by atoms with Crippen LogP contribution in [-0.2, 0) is 14.3 Å². The van der Waals surface area contributed by atoms with Crippen molar-refractivity contribution in [2.24, 2.45) is 29.6 Å². The molecular formula is C29H36NO6-. The summed E-state index contributed by atoms with van der Waals surface area (Å²) in [7, 11) is 1.35. The van der Waals surface area contributed by atoms with Gasteiger partial charge >= 0.3 is 11.9 Å². The number of anilines is 1. The number of methoxy groups -OCH3 is 1. The van der Waals surface area contributed by atoms with E-state index in [1.807, 2.05) is 6.08 Å². The Morgan fingerprint density at radius 1 is 1.17 bits per heavy atom. The number of nitrogens with zero attached hydrogens (tertiary/aromatic N) is 1. The van der Waals surface area contributed by atoms with Gasteiger partial charge in [-0.1, -0.05) is 48.5 Å². The van der Waals surface area contributed by atoms with Crippen LogP contribution in [0, 0.1) is 34.8 Å². The summed E-state index contributed by atoms with van der Waals surface area (Å²) in [5.74, 6) is 0.319. The SMILES string of the molecule is C/C=C(\C)[C@H]1C(C)=C[C@@H]2[C@@H]([C@H]1/C=C/C=C/C(=O)OC)[C@H](C)CC[C@H]2OC(=O)c1ccc(N([O-])O)cc1. The molecule has 1 aromatic rings. The number of ether oxygens (including phenoxy) is 2. The quantitative estimate of drug-likeness (QED) is 0.163. The monoisotopic (exact) mass is 494 g/mol. The number of benzene rings is 1. The highest BCUT2D eigenvalue weighted by atomic mass is 16.8. The number of hydrogen-bond donors (Lipinski definition) is 1. The van der Waals surface area contributed by atoms with Crippen LogP contribution in [0.15, 0.2) is 71.9 Å². The van der Waals surface area contributed by atoms with Crippen LogP contribution in [-0.4, -0.2) is 30.4 Å². The first-order valence-electron chi connectivity index (χ1n) is 12.4. The van der Waals surface area contributed by atoms with Crippen molar-refractivity contribution in [2.45, 2.75) is 46.6 Å². The third kappa shape index (κ3) is 6.15. The maximum atomic E-state index is 13.0. The van der Waals surface area contributed by atoms with Crippen molar-refractivity contribution >= 4 is 17.6 Å². The number of carbonyl (C=O) groups excluding carboxylic acids is 2. The van der Waals surface area contributed by atoms with Crippen LogP contribution < -0.4 is 5.23 Å². The molecular weight excluding hydrogens is 458 g/mol. The summed E-state index contributed by atoms with van der Waals surface area (Å²) >= 11 is 0. The number of fused-ring (bicyclic) bond motifs is 1. The summed E-state index contributed by atoms with van der Waals surface area (Å²) in [6.07, 6.45) is 13.1. The van der Waals surface area contributed by atoms with Gasteiger partial charge in [0.05, 0.1) is 18.4 Å². The Labute approximate surface area is 213 Å². The average molecular weight is 495 g/mol. The number of rotatable bonds is 7. The van der Waals surface area contributed by atoms with Gasteiger partial charge in [-0.2, -0.15) is 0 Å². The van der Waals surface area contributed by atoms with Gasteiger partial charge in [-0.3, -0.25) is 5.21 Å². The van der Waals surface area contributed by atoms with Crippen LogP contribution in [0.4, 0.5) is 5.69 Å². The van der Waals surface area contributed by atoms with Crippen molar-refractivity contribution in [3.8, 4) is 0 Å². The van der Waals surface area contributed by atoms with Crippen LogP contribution in [0.5, 0.6) is 0 Å². The zero-order valence-electron chi connectivity index (χ0n) is 21.6. The van der Waals surface area contributed by atoms with Crippen LogP contribution in [0.3, 0.4) is 0 Å². The Morgan fingerprint density at radius 2 is 1.86 bits per heavy atom. The van der Waals surface area contributed by atoms with Crippen molar-refractivity contribution in [2.75, 3.05) is 12.3 Å². The zero-order valence-corrected chi connectivity index (χ0v) is 21.6. The first kappa shape index (κ1) is 27.4. The molecule has 1 aromatic carbocycles. The molecule has 2 aliphatic carbocycles. The van der Waals surface area contributed by atoms with E-state index in [0.717, 1.165) is 12.8 Å². The summed E-state index contributed by atoms with van der Waals surface area (Å²) in [6.45, 7) is 8.60. The average Bonchev–Trinajstić information content (AvgIpc) is 2.87. The molecule has 0 bridgehead atoms. The standard InChI is InChI=1S/C29H36NO6/c1-6-18(2)27-20(4)17-24-25(36-29(32)21-12-14-22(15-13-21)30(33)34)16-11-19(3)28(24)23(27)9-7-8-10-26(31)35-5/h6-10,12-15,17,19,23-25,27-28,33H,11,16H2,1-5H3/q-1/b9-7+,10-8+,18-6+/t19-,23+,24+,25-,27+,28-/m1/s1. The Bertz CT molecular complexity index is 1050. The smallest absolute Gasteiger partial charge is 0.338 e. The maximum absolute atomic E-state index is 13.0. The predicted molar refractivity (Wildman–Crippen MR) is 139 cm³/mol. The fourth-order valence-corrected chi connectivity index (χ4v) is 5.77. The van der Waals surface area contributed by atoms with Crippen LogP contribution in [0.25, 0.3) is 0 Å². The van der Waals surface area contributed by atoms with Gasteiger partial charge in [0.15, 0.2) is 0 Å². The van der Waals surface area contributed by atoms with Gasteiger partial charge in [-0.25, -0.2) is 9.59 Å². The lowest BCUT2D eigenvalue weighted by Crippen LogP contribution is -2.46. The molecule has 0 aromatic heterocycles. The summed E-state index contributed by atoms with van der Waals surface area (Å²) < 4.78 is 10.7. The third-order valence-corrected chi connectivity index (χ3v) is 7.62. The topological polar surface area (TPSA) is 99.1 Å². The first-order valence-corrected chi connectivity index (χ1v) is 12.4. The van der Waals surface area contributed by atoms with Gasteiger partial charge in [-0.15, -0.1) is 0 Å². The molecule has 0 aliphatic heterocycles. The van der Waals surface area contributed by atoms with Crippen LogP contribution in [0.2, 0.25) is 0 Å². The molecule has 0 unspecified atom stereocenters. The van der Waals surface area contributed by atoms with Gasteiger partial charge in [0.25, 0.3) is 0 Å². The normalized spacial score (nSPS) is 28.5. The first-order chi connectivity index (χ1) is 17.2. The highest BCUT2D eigenvalue weighted by molar-refractivity contribution is 5.90. The molecule has 1 saturated carbocycles. The Kier molecular flexibility index (Phi) is 9.29. The van der Waals surface area contributed by atoms with E-state index in [2.05, 4.69) is 50.7 Å². The second-order valence-corrected chi connectivity index (χ2v) is 9.74. The molecule has 0 amide bonds. The second kappa shape index (κ2) is 12.2. The van der Waals surface area contributed by atoms with Crippen molar-refractivity contribution < 1.29 is 24.3 Å². The highest BCUT2D eigenvalue weighted by Crippen LogP contribution is 2.51. The van der Waals surface area contributed by atoms with E-state index < -0.39 is 11.9 Å². The minimum absolute atomic E-state index is 0.0465. The predicted octanol–water partition coefficient (Wildman–Crippen LogP) is 6.01. The van der Waals surface area contributed by atoms with E-state index in [9.17, 15) is 14.8 Å². The fourth-order valence-electron chi connectivity index (χ4n) is 5.77. The van der Waals surface area contributed by atoms with Crippen molar-refractivity contribution in [3.05, 3.63) is 82.6 Å². The van der Waals surface area contributed by atoms with Crippen LogP contribution >= 0.6 is 0 Å². The lowest BCUT2D eigenvalue weighted by atomic mass is 9.57. The molecule has 194 valence electrons. The highest BCUT2D eigenvalue weighted by Gasteiger charge is 2.47. The fraction of sp³-hybridized carbons (Fsp3) is 0.448. The molecule has 0 saturated heterocycles. The van der Waals surface area contributed by atoms with Gasteiger partial charge in [0.2, 0.25) is 0 Å². The number of carbonyl (C=O) groups is 2. The summed E-state index contributed by atoms with van der Waals surface area (Å²) in [6, 6.07) is 5.73. The van der Waals surface area contributed by atoms with E-state index in [4.69, 9.17) is 9.94 Å². The molecule has 1 fully saturated rings. The molecule has 0 heterocycles. The van der Waals surface area contributed by atoms with E-state index in [1.165, 1.54) is 48.6 Å². The largest absolute Gasteiger partial charge is 0.733 e. The Morgan fingerprint density at radius 3 is 2.47 bits per heavy atom. The molecule has 1 N–H and O–H groups in total.